The molecule has 1 amide bonds. The predicted molar refractivity (Wildman–Crippen MR) is 167 cm³/mol. The molecular formula is C34H42ClF3N4O. The normalized spacial score (nSPS) is 18.8. The van der Waals surface area contributed by atoms with Gasteiger partial charge >= 0.3 is 6.18 Å². The molecule has 2 atom stereocenters. The van der Waals surface area contributed by atoms with E-state index in [0.717, 1.165) is 37.3 Å². The van der Waals surface area contributed by atoms with Gasteiger partial charge in [-0.2, -0.15) is 13.2 Å². The van der Waals surface area contributed by atoms with E-state index in [1.165, 1.54) is 43.4 Å². The van der Waals surface area contributed by atoms with Crippen LogP contribution in [0.25, 0.3) is 0 Å². The van der Waals surface area contributed by atoms with E-state index in [2.05, 4.69) is 40.2 Å². The van der Waals surface area contributed by atoms with Crippen LogP contribution in [0, 0.1) is 0 Å². The van der Waals surface area contributed by atoms with Crippen LogP contribution in [-0.4, -0.2) is 31.1 Å². The number of hydrogen-bond acceptors (Lipinski definition) is 4. The number of likely N-dealkylation sites (N-methyl/N-ethyl adjacent to an activating group) is 2. The number of alkyl halides is 3. The molecule has 0 aliphatic heterocycles. The van der Waals surface area contributed by atoms with Crippen LogP contribution >= 0.6 is 11.6 Å². The van der Waals surface area contributed by atoms with Crippen molar-refractivity contribution in [2.75, 3.05) is 14.1 Å². The number of halogens is 4. The third-order valence-corrected chi connectivity index (χ3v) is 9.66. The van der Waals surface area contributed by atoms with Gasteiger partial charge in [0.05, 0.1) is 22.2 Å². The van der Waals surface area contributed by atoms with Crippen molar-refractivity contribution < 1.29 is 18.0 Å². The molecule has 43 heavy (non-hydrogen) atoms. The molecular weight excluding hydrogens is 573 g/mol. The van der Waals surface area contributed by atoms with Crippen molar-refractivity contribution in [2.45, 2.75) is 80.7 Å². The Kier molecular flexibility index (Phi) is 10.9. The van der Waals surface area contributed by atoms with Gasteiger partial charge in [0.2, 0.25) is 0 Å². The first-order valence-electron chi connectivity index (χ1n) is 15.0. The monoisotopic (exact) mass is 614 g/mol. The smallest absolute Gasteiger partial charge is 0.343 e. The molecule has 2 aliphatic rings. The lowest BCUT2D eigenvalue weighted by atomic mass is 9.83. The second-order valence-corrected chi connectivity index (χ2v) is 12.0. The maximum atomic E-state index is 13.2. The lowest BCUT2D eigenvalue weighted by Crippen LogP contribution is -2.52. The Labute approximate surface area is 257 Å². The predicted octanol–water partition coefficient (Wildman–Crippen LogP) is 7.58. The molecule has 5 N–H and O–H groups in total. The zero-order valence-electron chi connectivity index (χ0n) is 24.8. The zero-order chi connectivity index (χ0) is 31.1. The quantitative estimate of drug-likeness (QED) is 0.211. The first-order valence-corrected chi connectivity index (χ1v) is 15.3. The minimum Gasteiger partial charge on any atom is -0.343 e. The molecule has 0 bridgehead atoms. The SMILES string of the molecule is CNC1(C(N)c2ccccc2)CCCC1.CNC1(C(NC(=O)c2cccc(C(F)(F)F)c2Cl)c2ccccc2)CCCC1. The van der Waals surface area contributed by atoms with E-state index in [4.69, 9.17) is 17.3 Å². The summed E-state index contributed by atoms with van der Waals surface area (Å²) in [5.41, 5.74) is 7.11. The Hall–Kier alpha value is -2.91. The highest BCUT2D eigenvalue weighted by atomic mass is 35.5. The summed E-state index contributed by atoms with van der Waals surface area (Å²) in [5.74, 6) is -0.619. The largest absolute Gasteiger partial charge is 0.417 e. The van der Waals surface area contributed by atoms with Gasteiger partial charge in [-0.1, -0.05) is 104 Å². The first-order chi connectivity index (χ1) is 20.6. The Morgan fingerprint density at radius 1 is 0.767 bits per heavy atom. The van der Waals surface area contributed by atoms with E-state index < -0.39 is 22.7 Å². The number of amides is 1. The van der Waals surface area contributed by atoms with Crippen molar-refractivity contribution in [1.29, 1.82) is 0 Å². The highest BCUT2D eigenvalue weighted by Crippen LogP contribution is 2.41. The van der Waals surface area contributed by atoms with E-state index in [-0.39, 0.29) is 28.7 Å². The summed E-state index contributed by atoms with van der Waals surface area (Å²) in [4.78, 5) is 13.0. The maximum absolute atomic E-state index is 13.2. The molecule has 2 aliphatic carbocycles. The number of benzene rings is 3. The van der Waals surface area contributed by atoms with Crippen LogP contribution in [-0.2, 0) is 6.18 Å². The number of carbonyl (C=O) groups is 1. The zero-order valence-corrected chi connectivity index (χ0v) is 25.6. The van der Waals surface area contributed by atoms with Gasteiger partial charge < -0.3 is 21.7 Å². The number of hydrogen-bond donors (Lipinski definition) is 4. The summed E-state index contributed by atoms with van der Waals surface area (Å²) in [7, 11) is 3.89. The third kappa shape index (κ3) is 7.43. The Balaban J connectivity index is 0.000000237. The highest BCUT2D eigenvalue weighted by molar-refractivity contribution is 6.34. The molecule has 9 heteroatoms. The standard InChI is InChI=1S/C21H22ClF3N2O.C13H20N2/c1-26-20(12-5-6-13-20)18(14-8-3-2-4-9-14)27-19(28)15-10-7-11-16(17(15)22)21(23,24)25;1-15-13(9-5-6-10-13)12(14)11-7-3-2-4-8-11/h2-4,7-11,18,26H,5-6,12-13H2,1H3,(H,27,28);2-4,7-8,12,15H,5-6,9-10,14H2,1H3. The van der Waals surface area contributed by atoms with Crippen molar-refractivity contribution in [2.24, 2.45) is 5.73 Å². The van der Waals surface area contributed by atoms with Crippen molar-refractivity contribution in [3.05, 3.63) is 106 Å². The molecule has 5 rings (SSSR count). The summed E-state index contributed by atoms with van der Waals surface area (Å²) in [5, 5.41) is 9.18. The molecule has 5 nitrogen and oxygen atoms in total. The van der Waals surface area contributed by atoms with Gasteiger partial charge in [0.1, 0.15) is 0 Å². The molecule has 0 aromatic heterocycles. The van der Waals surface area contributed by atoms with E-state index in [9.17, 15) is 18.0 Å². The van der Waals surface area contributed by atoms with Gasteiger partial charge in [-0.3, -0.25) is 4.79 Å². The molecule has 2 saturated carbocycles. The fourth-order valence-electron chi connectivity index (χ4n) is 6.71. The van der Waals surface area contributed by atoms with Gasteiger partial charge in [0, 0.05) is 17.1 Å². The van der Waals surface area contributed by atoms with Crippen LogP contribution < -0.4 is 21.7 Å². The fourth-order valence-corrected chi connectivity index (χ4v) is 7.03. The Morgan fingerprint density at radius 2 is 1.26 bits per heavy atom. The molecule has 232 valence electrons. The summed E-state index contributed by atoms with van der Waals surface area (Å²) in [6.45, 7) is 0. The number of carbonyl (C=O) groups excluding carboxylic acids is 1. The summed E-state index contributed by atoms with van der Waals surface area (Å²) >= 11 is 5.95. The van der Waals surface area contributed by atoms with Crippen LogP contribution in [0.4, 0.5) is 13.2 Å². The summed E-state index contributed by atoms with van der Waals surface area (Å²) < 4.78 is 39.5. The van der Waals surface area contributed by atoms with Crippen molar-refractivity contribution in [3.63, 3.8) is 0 Å². The highest BCUT2D eigenvalue weighted by Gasteiger charge is 2.42. The van der Waals surface area contributed by atoms with Crippen LogP contribution in [0.5, 0.6) is 0 Å². The van der Waals surface area contributed by atoms with Crippen LogP contribution in [0.2, 0.25) is 5.02 Å². The minimum absolute atomic E-state index is 0.117. The molecule has 3 aromatic carbocycles. The second-order valence-electron chi connectivity index (χ2n) is 11.6. The summed E-state index contributed by atoms with van der Waals surface area (Å²) in [6, 6.07) is 23.0. The molecule has 3 aromatic rings. The molecule has 0 radical (unpaired) electrons. The lowest BCUT2D eigenvalue weighted by Gasteiger charge is -2.38. The average Bonchev–Trinajstić information content (AvgIpc) is 3.72. The van der Waals surface area contributed by atoms with Crippen molar-refractivity contribution in [3.8, 4) is 0 Å². The average molecular weight is 615 g/mol. The second kappa shape index (κ2) is 14.2. The number of nitrogens with two attached hydrogens (primary N) is 1. The van der Waals surface area contributed by atoms with Crippen LogP contribution in [0.15, 0.2) is 78.9 Å². The van der Waals surface area contributed by atoms with E-state index in [0.29, 0.717) is 0 Å². The minimum atomic E-state index is -4.62. The van der Waals surface area contributed by atoms with Gasteiger partial charge in [-0.15, -0.1) is 0 Å². The third-order valence-electron chi connectivity index (χ3n) is 9.25. The number of rotatable bonds is 8. The van der Waals surface area contributed by atoms with Gasteiger partial charge in [0.15, 0.2) is 0 Å². The van der Waals surface area contributed by atoms with E-state index >= 15 is 0 Å². The first kappa shape index (κ1) is 33.0. The van der Waals surface area contributed by atoms with Crippen LogP contribution in [0.3, 0.4) is 0 Å². The summed E-state index contributed by atoms with van der Waals surface area (Å²) in [6.07, 6.45) is 4.11. The van der Waals surface area contributed by atoms with Gasteiger partial charge in [0.25, 0.3) is 5.91 Å². The van der Waals surface area contributed by atoms with Gasteiger partial charge in [-0.05, 0) is 63.0 Å². The Morgan fingerprint density at radius 3 is 1.74 bits per heavy atom. The molecule has 0 heterocycles. The maximum Gasteiger partial charge on any atom is 0.417 e. The molecule has 2 fully saturated rings. The molecule has 2 unspecified atom stereocenters. The van der Waals surface area contributed by atoms with Gasteiger partial charge in [-0.25, -0.2) is 0 Å². The Bertz CT molecular complexity index is 1320. The topological polar surface area (TPSA) is 79.2 Å². The van der Waals surface area contributed by atoms with Crippen LogP contribution in [0.1, 0.15) is 90.5 Å². The molecule has 0 saturated heterocycles. The molecule has 0 spiro atoms. The van der Waals surface area contributed by atoms with Crippen molar-refractivity contribution >= 4 is 17.5 Å². The fraction of sp³-hybridized carbons (Fsp3) is 0.441. The van der Waals surface area contributed by atoms with Crippen molar-refractivity contribution in [1.82, 2.24) is 16.0 Å². The van der Waals surface area contributed by atoms with E-state index in [1.807, 2.05) is 50.5 Å². The number of nitrogens with one attached hydrogen (secondary N) is 3. The van der Waals surface area contributed by atoms with E-state index in [1.54, 1.807) is 0 Å². The lowest BCUT2D eigenvalue weighted by molar-refractivity contribution is -0.137.